The number of nitrogens with zero attached hydrogens (tertiary/aromatic N) is 1. The molecule has 7 nitrogen and oxygen atoms in total. The lowest BCUT2D eigenvalue weighted by Gasteiger charge is -2.28. The van der Waals surface area contributed by atoms with E-state index in [1.807, 2.05) is 0 Å². The monoisotopic (exact) mass is 328 g/mol. The number of thiazole rings is 1. The Morgan fingerprint density at radius 3 is 3.00 bits per heavy atom. The second kappa shape index (κ2) is 7.17. The van der Waals surface area contributed by atoms with Crippen LogP contribution in [0, 0.1) is 0 Å². The Labute approximate surface area is 132 Å². The van der Waals surface area contributed by atoms with Gasteiger partial charge in [-0.2, -0.15) is 0 Å². The molecule has 1 aromatic rings. The van der Waals surface area contributed by atoms with Crippen molar-refractivity contribution in [1.29, 1.82) is 0 Å². The number of hydrogen-bond donors (Lipinski definition) is 2. The third kappa shape index (κ3) is 4.25. The molecular weight excluding hydrogens is 308 g/mol. The number of carboxylic acid groups (broad SMARTS) is 1. The van der Waals surface area contributed by atoms with Gasteiger partial charge in [0.25, 0.3) is 5.91 Å². The van der Waals surface area contributed by atoms with Gasteiger partial charge in [0.1, 0.15) is 16.8 Å². The summed E-state index contributed by atoms with van der Waals surface area (Å²) in [5.74, 6) is -1.40. The molecule has 2 unspecified atom stereocenters. The van der Waals surface area contributed by atoms with Crippen LogP contribution in [0.15, 0.2) is 5.38 Å². The van der Waals surface area contributed by atoms with Crippen molar-refractivity contribution in [3.05, 3.63) is 16.1 Å². The lowest BCUT2D eigenvalue weighted by atomic mass is 9.99. The van der Waals surface area contributed by atoms with Crippen LogP contribution in [0.5, 0.6) is 0 Å². The molecule has 2 atom stereocenters. The van der Waals surface area contributed by atoms with Crippen LogP contribution < -0.4 is 5.32 Å². The topological polar surface area (TPSA) is 97.8 Å². The third-order valence-corrected chi connectivity index (χ3v) is 4.32. The summed E-state index contributed by atoms with van der Waals surface area (Å²) in [6, 6.07) is 0. The molecule has 1 amide bonds. The number of carbonyl (C=O) groups is 2. The third-order valence-electron chi connectivity index (χ3n) is 3.38. The second-order valence-electron chi connectivity index (χ2n) is 5.59. The van der Waals surface area contributed by atoms with Crippen LogP contribution in [-0.4, -0.2) is 47.8 Å². The molecule has 1 aliphatic rings. The van der Waals surface area contributed by atoms with E-state index in [1.54, 1.807) is 12.3 Å². The molecule has 2 rings (SSSR count). The molecule has 8 heteroatoms. The highest BCUT2D eigenvalue weighted by atomic mass is 32.1. The van der Waals surface area contributed by atoms with Gasteiger partial charge in [-0.3, -0.25) is 9.59 Å². The van der Waals surface area contributed by atoms with Crippen LogP contribution in [0.1, 0.15) is 47.8 Å². The van der Waals surface area contributed by atoms with Gasteiger partial charge in [-0.1, -0.05) is 0 Å². The fourth-order valence-electron chi connectivity index (χ4n) is 2.43. The van der Waals surface area contributed by atoms with E-state index in [0.717, 1.165) is 24.5 Å². The maximum absolute atomic E-state index is 12.3. The summed E-state index contributed by atoms with van der Waals surface area (Å²) in [6.07, 6.45) is 1.65. The van der Waals surface area contributed by atoms with Crippen molar-refractivity contribution in [3.63, 3.8) is 0 Å². The first kappa shape index (κ1) is 16.9. The van der Waals surface area contributed by atoms with Crippen molar-refractivity contribution in [2.45, 2.75) is 37.8 Å². The summed E-state index contributed by atoms with van der Waals surface area (Å²) in [6.45, 7) is 2.46. The number of ether oxygens (including phenoxy) is 2. The van der Waals surface area contributed by atoms with Crippen molar-refractivity contribution in [2.24, 2.45) is 0 Å². The highest BCUT2D eigenvalue weighted by Crippen LogP contribution is 2.30. The highest BCUT2D eigenvalue weighted by molar-refractivity contribution is 7.09. The van der Waals surface area contributed by atoms with Crippen LogP contribution in [0.25, 0.3) is 0 Å². The fourth-order valence-corrected chi connectivity index (χ4v) is 3.31. The quantitative estimate of drug-likeness (QED) is 0.789. The molecule has 22 heavy (non-hydrogen) atoms. The zero-order valence-electron chi connectivity index (χ0n) is 12.6. The number of methoxy groups -OCH3 is 1. The van der Waals surface area contributed by atoms with E-state index in [1.165, 1.54) is 18.4 Å². The molecule has 1 aliphatic heterocycles. The van der Waals surface area contributed by atoms with Gasteiger partial charge >= 0.3 is 5.97 Å². The zero-order valence-corrected chi connectivity index (χ0v) is 13.4. The lowest BCUT2D eigenvalue weighted by molar-refractivity contribution is -0.139. The summed E-state index contributed by atoms with van der Waals surface area (Å²) < 4.78 is 10.6. The average molecular weight is 328 g/mol. The summed E-state index contributed by atoms with van der Waals surface area (Å²) in [5.41, 5.74) is -0.700. The van der Waals surface area contributed by atoms with E-state index in [9.17, 15) is 9.59 Å². The molecule has 1 fully saturated rings. The number of amides is 1. The van der Waals surface area contributed by atoms with Crippen molar-refractivity contribution in [2.75, 3.05) is 20.3 Å². The SMILES string of the molecule is COCC(C)(CC(=O)O)NC(=O)c1csc(C2CCCO2)n1. The maximum Gasteiger partial charge on any atom is 0.305 e. The highest BCUT2D eigenvalue weighted by Gasteiger charge is 2.31. The Morgan fingerprint density at radius 2 is 2.41 bits per heavy atom. The molecule has 2 N–H and O–H groups in total. The first-order valence-electron chi connectivity index (χ1n) is 7.04. The van der Waals surface area contributed by atoms with E-state index < -0.39 is 17.4 Å². The summed E-state index contributed by atoms with van der Waals surface area (Å²) in [5, 5.41) is 14.1. The predicted octanol–water partition coefficient (Wildman–Crippen LogP) is 1.60. The van der Waals surface area contributed by atoms with Gasteiger partial charge < -0.3 is 19.9 Å². The summed E-state index contributed by atoms with van der Waals surface area (Å²) in [4.78, 5) is 27.5. The van der Waals surface area contributed by atoms with Crippen LogP contribution in [0.4, 0.5) is 0 Å². The minimum Gasteiger partial charge on any atom is -0.481 e. The van der Waals surface area contributed by atoms with Gasteiger partial charge in [0.05, 0.1) is 18.6 Å². The Balaban J connectivity index is 2.04. The minimum absolute atomic E-state index is 0.0315. The maximum atomic E-state index is 12.3. The molecule has 0 aliphatic carbocycles. The van der Waals surface area contributed by atoms with Crippen LogP contribution in [-0.2, 0) is 14.3 Å². The predicted molar refractivity (Wildman–Crippen MR) is 80.0 cm³/mol. The number of aliphatic carboxylic acids is 1. The normalized spacial score (nSPS) is 20.5. The summed E-state index contributed by atoms with van der Waals surface area (Å²) >= 11 is 1.38. The molecule has 0 saturated carbocycles. The number of aromatic nitrogens is 1. The van der Waals surface area contributed by atoms with Gasteiger partial charge in [0.15, 0.2) is 0 Å². The van der Waals surface area contributed by atoms with Crippen molar-refractivity contribution >= 4 is 23.2 Å². The van der Waals surface area contributed by atoms with Crippen LogP contribution in [0.2, 0.25) is 0 Å². The number of nitrogens with one attached hydrogen (secondary N) is 1. The zero-order chi connectivity index (χ0) is 16.2. The second-order valence-corrected chi connectivity index (χ2v) is 6.48. The fraction of sp³-hybridized carbons (Fsp3) is 0.643. The molecule has 0 radical (unpaired) electrons. The number of carboxylic acids is 1. The minimum atomic E-state index is -1.00. The van der Waals surface area contributed by atoms with Crippen molar-refractivity contribution in [3.8, 4) is 0 Å². The van der Waals surface area contributed by atoms with Gasteiger partial charge in [0, 0.05) is 19.1 Å². The largest absolute Gasteiger partial charge is 0.481 e. The lowest BCUT2D eigenvalue weighted by Crippen LogP contribution is -2.50. The van der Waals surface area contributed by atoms with Crippen molar-refractivity contribution in [1.82, 2.24) is 10.3 Å². The van der Waals surface area contributed by atoms with E-state index >= 15 is 0 Å². The Morgan fingerprint density at radius 1 is 1.64 bits per heavy atom. The molecule has 2 heterocycles. The molecule has 122 valence electrons. The Kier molecular flexibility index (Phi) is 5.49. The summed E-state index contributed by atoms with van der Waals surface area (Å²) in [7, 11) is 1.46. The molecule has 0 bridgehead atoms. The van der Waals surface area contributed by atoms with Crippen molar-refractivity contribution < 1.29 is 24.2 Å². The van der Waals surface area contributed by atoms with Crippen LogP contribution in [0.3, 0.4) is 0 Å². The van der Waals surface area contributed by atoms with E-state index in [4.69, 9.17) is 14.6 Å². The number of carbonyl (C=O) groups excluding carboxylic acids is 1. The molecule has 0 spiro atoms. The Bertz CT molecular complexity index is 541. The van der Waals surface area contributed by atoms with E-state index in [0.29, 0.717) is 0 Å². The van der Waals surface area contributed by atoms with Gasteiger partial charge in [-0.05, 0) is 19.8 Å². The smallest absolute Gasteiger partial charge is 0.305 e. The number of rotatable bonds is 7. The average Bonchev–Trinajstić information content (AvgIpc) is 3.09. The molecular formula is C14H20N2O5S. The molecule has 1 saturated heterocycles. The van der Waals surface area contributed by atoms with E-state index in [-0.39, 0.29) is 24.8 Å². The standard InChI is InChI=1S/C14H20N2O5S/c1-14(8-20-2,6-11(17)18)16-12(19)9-7-22-13(15-9)10-4-3-5-21-10/h7,10H,3-6,8H2,1-2H3,(H,16,19)(H,17,18). The first-order valence-corrected chi connectivity index (χ1v) is 7.92. The van der Waals surface area contributed by atoms with Gasteiger partial charge in [0.2, 0.25) is 0 Å². The Hall–Kier alpha value is -1.51. The van der Waals surface area contributed by atoms with E-state index in [2.05, 4.69) is 10.3 Å². The first-order chi connectivity index (χ1) is 10.4. The van der Waals surface area contributed by atoms with Crippen LogP contribution >= 0.6 is 11.3 Å². The van der Waals surface area contributed by atoms with Gasteiger partial charge in [-0.25, -0.2) is 4.98 Å². The molecule has 0 aromatic carbocycles. The van der Waals surface area contributed by atoms with Gasteiger partial charge in [-0.15, -0.1) is 11.3 Å². The number of hydrogen-bond acceptors (Lipinski definition) is 6. The molecule has 1 aromatic heterocycles.